The molecule has 7 heteroatoms. The number of amides is 3. The van der Waals surface area contributed by atoms with Gasteiger partial charge in [0.15, 0.2) is 0 Å². The number of hydrogen-bond donors (Lipinski definition) is 1. The molecule has 5 nitrogen and oxygen atoms in total. The lowest BCUT2D eigenvalue weighted by Crippen LogP contribution is -2.46. The summed E-state index contributed by atoms with van der Waals surface area (Å²) in [6.45, 7) is 0. The summed E-state index contributed by atoms with van der Waals surface area (Å²) in [5.74, 6) is -2.15. The number of carbonyl (C=O) groups is 3. The second-order valence-electron chi connectivity index (χ2n) is 5.23. The van der Waals surface area contributed by atoms with Crippen LogP contribution in [0.5, 0.6) is 0 Å². The van der Waals surface area contributed by atoms with Crippen molar-refractivity contribution in [2.45, 2.75) is 12.8 Å². The van der Waals surface area contributed by atoms with E-state index in [1.807, 2.05) is 12.2 Å². The van der Waals surface area contributed by atoms with Gasteiger partial charge in [0, 0.05) is 5.02 Å². The first-order chi connectivity index (χ1) is 10.5. The second kappa shape index (κ2) is 5.74. The van der Waals surface area contributed by atoms with E-state index in [0.717, 1.165) is 5.01 Å². The van der Waals surface area contributed by atoms with Crippen LogP contribution in [0.1, 0.15) is 23.2 Å². The molecule has 1 N–H and O–H groups in total. The van der Waals surface area contributed by atoms with Gasteiger partial charge in [-0.1, -0.05) is 35.4 Å². The van der Waals surface area contributed by atoms with Crippen molar-refractivity contribution in [3.63, 3.8) is 0 Å². The third kappa shape index (κ3) is 2.51. The molecule has 0 spiro atoms. The lowest BCUT2D eigenvalue weighted by molar-refractivity contribution is -0.142. The predicted molar refractivity (Wildman–Crippen MR) is 81.1 cm³/mol. The number of benzene rings is 1. The van der Waals surface area contributed by atoms with Gasteiger partial charge in [-0.25, -0.2) is 0 Å². The van der Waals surface area contributed by atoms with Gasteiger partial charge in [-0.3, -0.25) is 19.8 Å². The maximum absolute atomic E-state index is 12.3. The van der Waals surface area contributed by atoms with E-state index in [2.05, 4.69) is 5.43 Å². The van der Waals surface area contributed by atoms with Crippen LogP contribution in [-0.4, -0.2) is 22.7 Å². The molecule has 1 fully saturated rings. The van der Waals surface area contributed by atoms with Crippen LogP contribution in [0.2, 0.25) is 10.0 Å². The number of nitrogens with zero attached hydrogens (tertiary/aromatic N) is 1. The van der Waals surface area contributed by atoms with Gasteiger partial charge in [-0.05, 0) is 31.0 Å². The van der Waals surface area contributed by atoms with Crippen LogP contribution < -0.4 is 5.43 Å². The van der Waals surface area contributed by atoms with Gasteiger partial charge in [0.1, 0.15) is 0 Å². The summed E-state index contributed by atoms with van der Waals surface area (Å²) in [6, 6.07) is 4.38. The highest BCUT2D eigenvalue weighted by molar-refractivity contribution is 6.36. The van der Waals surface area contributed by atoms with Crippen LogP contribution >= 0.6 is 23.2 Å². The van der Waals surface area contributed by atoms with Crippen LogP contribution in [-0.2, 0) is 9.59 Å². The molecule has 1 saturated heterocycles. The third-order valence-electron chi connectivity index (χ3n) is 3.90. The molecule has 0 unspecified atom stereocenters. The maximum Gasteiger partial charge on any atom is 0.271 e. The number of hydrogen-bond acceptors (Lipinski definition) is 3. The van der Waals surface area contributed by atoms with Crippen molar-refractivity contribution in [1.82, 2.24) is 10.4 Å². The van der Waals surface area contributed by atoms with Crippen molar-refractivity contribution in [3.8, 4) is 0 Å². The van der Waals surface area contributed by atoms with E-state index >= 15 is 0 Å². The largest absolute Gasteiger partial charge is 0.272 e. The summed E-state index contributed by atoms with van der Waals surface area (Å²) >= 11 is 11.7. The molecule has 0 bridgehead atoms. The van der Waals surface area contributed by atoms with Crippen LogP contribution in [0.15, 0.2) is 30.4 Å². The molecule has 1 aliphatic carbocycles. The molecule has 1 heterocycles. The third-order valence-corrected chi connectivity index (χ3v) is 4.44. The number of fused-ring (bicyclic) bond motifs is 1. The summed E-state index contributed by atoms with van der Waals surface area (Å²) in [6.07, 6.45) is 4.80. The number of hydrazine groups is 1. The molecule has 22 heavy (non-hydrogen) atoms. The van der Waals surface area contributed by atoms with E-state index in [1.54, 1.807) is 0 Å². The highest BCUT2D eigenvalue weighted by atomic mass is 35.5. The number of imide groups is 1. The Balaban J connectivity index is 1.80. The first-order valence-corrected chi connectivity index (χ1v) is 7.53. The number of rotatable bonds is 2. The fourth-order valence-corrected chi connectivity index (χ4v) is 3.24. The first-order valence-electron chi connectivity index (χ1n) is 6.78. The Morgan fingerprint density at radius 2 is 1.68 bits per heavy atom. The Hall–Kier alpha value is -1.85. The number of allylic oxidation sites excluding steroid dienone is 2. The SMILES string of the molecule is O=C(NN1C(=O)[C@H]2CC=CC[C@@H]2C1=O)c1ccc(Cl)cc1Cl. The van der Waals surface area contributed by atoms with Crippen molar-refractivity contribution in [1.29, 1.82) is 0 Å². The molecular formula is C15H12Cl2N2O3. The van der Waals surface area contributed by atoms with E-state index in [9.17, 15) is 14.4 Å². The topological polar surface area (TPSA) is 66.5 Å². The molecule has 2 atom stereocenters. The van der Waals surface area contributed by atoms with Gasteiger partial charge in [0.2, 0.25) is 0 Å². The summed E-state index contributed by atoms with van der Waals surface area (Å²) in [5, 5.41) is 1.37. The van der Waals surface area contributed by atoms with Gasteiger partial charge < -0.3 is 0 Å². The van der Waals surface area contributed by atoms with Crippen molar-refractivity contribution in [3.05, 3.63) is 46.0 Å². The number of carbonyl (C=O) groups excluding carboxylic acids is 3. The fraction of sp³-hybridized carbons (Fsp3) is 0.267. The van der Waals surface area contributed by atoms with Crippen molar-refractivity contribution < 1.29 is 14.4 Å². The standard InChI is InChI=1S/C15H12Cl2N2O3/c16-8-5-6-11(12(17)7-8)13(20)18-19-14(21)9-3-1-2-4-10(9)15(19)22/h1-2,5-7,9-10H,3-4H2,(H,18,20)/t9-,10-/m0/s1. The Kier molecular flexibility index (Phi) is 3.93. The molecule has 0 radical (unpaired) electrons. The molecule has 1 aromatic rings. The summed E-state index contributed by atoms with van der Waals surface area (Å²) in [5.41, 5.74) is 2.50. The molecule has 3 amide bonds. The van der Waals surface area contributed by atoms with Crippen LogP contribution in [0.3, 0.4) is 0 Å². The summed E-state index contributed by atoms with van der Waals surface area (Å²) in [4.78, 5) is 36.7. The van der Waals surface area contributed by atoms with Gasteiger partial charge in [0.05, 0.1) is 22.4 Å². The highest BCUT2D eigenvalue weighted by Gasteiger charge is 2.48. The van der Waals surface area contributed by atoms with Crippen molar-refractivity contribution in [2.24, 2.45) is 11.8 Å². The fourth-order valence-electron chi connectivity index (χ4n) is 2.75. The van der Waals surface area contributed by atoms with E-state index in [0.29, 0.717) is 17.9 Å². The Morgan fingerprint density at radius 1 is 1.09 bits per heavy atom. The lowest BCUT2D eigenvalue weighted by atomic mass is 9.85. The van der Waals surface area contributed by atoms with Crippen LogP contribution in [0.25, 0.3) is 0 Å². The van der Waals surface area contributed by atoms with E-state index in [4.69, 9.17) is 23.2 Å². The number of nitrogens with one attached hydrogen (secondary N) is 1. The minimum Gasteiger partial charge on any atom is -0.272 e. The van der Waals surface area contributed by atoms with E-state index < -0.39 is 17.7 Å². The van der Waals surface area contributed by atoms with Gasteiger partial charge >= 0.3 is 0 Å². The predicted octanol–water partition coefficient (Wildman–Crippen LogP) is 2.59. The zero-order chi connectivity index (χ0) is 15.9. The van der Waals surface area contributed by atoms with Crippen molar-refractivity contribution in [2.75, 3.05) is 0 Å². The minimum absolute atomic E-state index is 0.152. The average Bonchev–Trinajstić information content (AvgIpc) is 2.73. The smallest absolute Gasteiger partial charge is 0.271 e. The quantitative estimate of drug-likeness (QED) is 0.665. The van der Waals surface area contributed by atoms with Gasteiger partial charge in [-0.15, -0.1) is 0 Å². The molecule has 1 aromatic carbocycles. The zero-order valence-corrected chi connectivity index (χ0v) is 12.9. The maximum atomic E-state index is 12.3. The molecule has 114 valence electrons. The molecule has 0 saturated carbocycles. The van der Waals surface area contributed by atoms with Gasteiger partial charge in [0.25, 0.3) is 17.7 Å². The van der Waals surface area contributed by atoms with E-state index in [-0.39, 0.29) is 22.4 Å². The Morgan fingerprint density at radius 3 is 2.23 bits per heavy atom. The highest BCUT2D eigenvalue weighted by Crippen LogP contribution is 2.34. The summed E-state index contributed by atoms with van der Waals surface area (Å²) in [7, 11) is 0. The normalized spacial score (nSPS) is 23.6. The molecule has 3 rings (SSSR count). The van der Waals surface area contributed by atoms with E-state index in [1.165, 1.54) is 18.2 Å². The van der Waals surface area contributed by atoms with Gasteiger partial charge in [-0.2, -0.15) is 5.01 Å². The average molecular weight is 339 g/mol. The minimum atomic E-state index is -0.616. The molecule has 2 aliphatic rings. The number of halogens is 2. The van der Waals surface area contributed by atoms with Crippen LogP contribution in [0.4, 0.5) is 0 Å². The first kappa shape index (κ1) is 15.1. The van der Waals surface area contributed by atoms with Crippen molar-refractivity contribution >= 4 is 40.9 Å². The lowest BCUT2D eigenvalue weighted by Gasteiger charge is -2.16. The molecule has 1 aliphatic heterocycles. The molecule has 0 aromatic heterocycles. The zero-order valence-electron chi connectivity index (χ0n) is 11.4. The Bertz CT molecular complexity index is 676. The Labute approximate surface area is 136 Å². The second-order valence-corrected chi connectivity index (χ2v) is 6.08. The van der Waals surface area contributed by atoms with Crippen LogP contribution in [0, 0.1) is 11.8 Å². The summed E-state index contributed by atoms with van der Waals surface area (Å²) < 4.78 is 0. The molecular weight excluding hydrogens is 327 g/mol. The monoisotopic (exact) mass is 338 g/mol.